The van der Waals surface area contributed by atoms with Crippen molar-refractivity contribution in [1.29, 1.82) is 0 Å². The lowest BCUT2D eigenvalue weighted by Crippen LogP contribution is -2.00. The highest BCUT2D eigenvalue weighted by atomic mass is 15.0. The van der Waals surface area contributed by atoms with Gasteiger partial charge in [0.05, 0.1) is 0 Å². The minimum atomic E-state index is 0.636. The van der Waals surface area contributed by atoms with E-state index in [9.17, 15) is 0 Å². The lowest BCUT2D eigenvalue weighted by atomic mass is 9.91. The third kappa shape index (κ3) is 6.05. The van der Waals surface area contributed by atoms with Crippen molar-refractivity contribution in [2.75, 3.05) is 0 Å². The lowest BCUT2D eigenvalue weighted by Gasteiger charge is -2.14. The van der Waals surface area contributed by atoms with Gasteiger partial charge in [0.15, 0.2) is 17.5 Å². The van der Waals surface area contributed by atoms with Gasteiger partial charge in [-0.3, -0.25) is 0 Å². The summed E-state index contributed by atoms with van der Waals surface area (Å²) in [7, 11) is 0. The van der Waals surface area contributed by atoms with Crippen molar-refractivity contribution in [3.8, 4) is 78.7 Å². The van der Waals surface area contributed by atoms with Gasteiger partial charge < -0.3 is 0 Å². The molecule has 0 atom stereocenters. The molecule has 3 heteroatoms. The number of nitrogens with zero attached hydrogens (tertiary/aromatic N) is 3. The number of hydrogen-bond donors (Lipinski definition) is 0. The number of rotatable bonds is 7. The first kappa shape index (κ1) is 29.0. The fourth-order valence-corrected chi connectivity index (χ4v) is 6.08. The summed E-state index contributed by atoms with van der Waals surface area (Å²) in [6.07, 6.45) is 0. The summed E-state index contributed by atoms with van der Waals surface area (Å²) in [4.78, 5) is 15.0. The standard InChI is InChI=1S/C45H31N3/c1-5-14-32(15-6-1)38-22-13-23-40(30-38)45-47-43(36-20-11-4-12-21-36)46-44(48-45)37-26-24-35(25-27-37)42-31-39(33-16-7-2-8-17-33)28-29-41(42)34-18-9-3-10-19-34/h1-31H. The largest absolute Gasteiger partial charge is 0.208 e. The van der Waals surface area contributed by atoms with Gasteiger partial charge in [-0.15, -0.1) is 0 Å². The summed E-state index contributed by atoms with van der Waals surface area (Å²) in [5, 5.41) is 0. The summed E-state index contributed by atoms with van der Waals surface area (Å²) in [5.41, 5.74) is 12.1. The van der Waals surface area contributed by atoms with Crippen LogP contribution in [0, 0.1) is 0 Å². The molecular weight excluding hydrogens is 583 g/mol. The molecule has 0 aliphatic heterocycles. The first-order valence-corrected chi connectivity index (χ1v) is 16.1. The molecule has 48 heavy (non-hydrogen) atoms. The minimum Gasteiger partial charge on any atom is -0.208 e. The molecule has 0 N–H and O–H groups in total. The SMILES string of the molecule is c1ccc(-c2cccc(-c3nc(-c4ccccc4)nc(-c4ccc(-c5cc(-c6ccccc6)ccc5-c5ccccc5)cc4)n3)c2)cc1. The molecular formula is C45H31N3. The van der Waals surface area contributed by atoms with Crippen LogP contribution in [-0.2, 0) is 0 Å². The van der Waals surface area contributed by atoms with Gasteiger partial charge in [-0.1, -0.05) is 176 Å². The second-order valence-corrected chi connectivity index (χ2v) is 11.7. The molecule has 7 aromatic carbocycles. The van der Waals surface area contributed by atoms with Gasteiger partial charge >= 0.3 is 0 Å². The normalized spacial score (nSPS) is 10.9. The molecule has 8 aromatic rings. The monoisotopic (exact) mass is 613 g/mol. The van der Waals surface area contributed by atoms with E-state index in [4.69, 9.17) is 15.0 Å². The van der Waals surface area contributed by atoms with Crippen LogP contribution in [-0.4, -0.2) is 15.0 Å². The van der Waals surface area contributed by atoms with Crippen molar-refractivity contribution >= 4 is 0 Å². The maximum absolute atomic E-state index is 5.03. The molecule has 0 fully saturated rings. The molecule has 0 aliphatic carbocycles. The number of hydrogen-bond acceptors (Lipinski definition) is 3. The van der Waals surface area contributed by atoms with Crippen LogP contribution >= 0.6 is 0 Å². The van der Waals surface area contributed by atoms with Gasteiger partial charge in [-0.05, 0) is 56.6 Å². The quantitative estimate of drug-likeness (QED) is 0.179. The van der Waals surface area contributed by atoms with Crippen LogP contribution in [0.5, 0.6) is 0 Å². The summed E-state index contributed by atoms with van der Waals surface area (Å²) in [5.74, 6) is 1.92. The molecule has 0 radical (unpaired) electrons. The summed E-state index contributed by atoms with van der Waals surface area (Å²) in [6, 6.07) is 65.3. The first-order chi connectivity index (χ1) is 23.8. The lowest BCUT2D eigenvalue weighted by molar-refractivity contribution is 1.07. The Morgan fingerprint density at radius 1 is 0.208 bits per heavy atom. The zero-order chi connectivity index (χ0) is 32.1. The van der Waals surface area contributed by atoms with Gasteiger partial charge in [0.25, 0.3) is 0 Å². The van der Waals surface area contributed by atoms with Gasteiger partial charge in [-0.25, -0.2) is 15.0 Å². The van der Waals surface area contributed by atoms with E-state index in [1.807, 2.05) is 36.4 Å². The van der Waals surface area contributed by atoms with Crippen molar-refractivity contribution in [2.45, 2.75) is 0 Å². The van der Waals surface area contributed by atoms with Crippen LogP contribution in [0.2, 0.25) is 0 Å². The smallest absolute Gasteiger partial charge is 0.164 e. The first-order valence-electron chi connectivity index (χ1n) is 16.1. The highest BCUT2D eigenvalue weighted by Gasteiger charge is 2.15. The summed E-state index contributed by atoms with van der Waals surface area (Å²) < 4.78 is 0. The van der Waals surface area contributed by atoms with Crippen LogP contribution in [0.4, 0.5) is 0 Å². The van der Waals surface area contributed by atoms with Crippen LogP contribution in [0.25, 0.3) is 78.7 Å². The highest BCUT2D eigenvalue weighted by Crippen LogP contribution is 2.37. The molecule has 0 spiro atoms. The van der Waals surface area contributed by atoms with Crippen LogP contribution in [0.1, 0.15) is 0 Å². The summed E-state index contributed by atoms with van der Waals surface area (Å²) >= 11 is 0. The molecule has 0 unspecified atom stereocenters. The van der Waals surface area contributed by atoms with Crippen molar-refractivity contribution in [3.63, 3.8) is 0 Å². The second kappa shape index (κ2) is 13.1. The van der Waals surface area contributed by atoms with Gasteiger partial charge in [0.2, 0.25) is 0 Å². The van der Waals surface area contributed by atoms with Crippen molar-refractivity contribution < 1.29 is 0 Å². The fraction of sp³-hybridized carbons (Fsp3) is 0. The molecule has 0 bridgehead atoms. The third-order valence-electron chi connectivity index (χ3n) is 8.56. The van der Waals surface area contributed by atoms with E-state index in [-0.39, 0.29) is 0 Å². The Balaban J connectivity index is 1.22. The Kier molecular flexibility index (Phi) is 7.92. The zero-order valence-electron chi connectivity index (χ0n) is 26.2. The Morgan fingerprint density at radius 3 is 1.12 bits per heavy atom. The van der Waals surface area contributed by atoms with E-state index in [0.717, 1.165) is 33.4 Å². The predicted molar refractivity (Wildman–Crippen MR) is 198 cm³/mol. The highest BCUT2D eigenvalue weighted by molar-refractivity contribution is 5.87. The Hall–Kier alpha value is -6.45. The van der Waals surface area contributed by atoms with Crippen LogP contribution in [0.15, 0.2) is 188 Å². The Bertz CT molecular complexity index is 2300. The number of aromatic nitrogens is 3. The molecule has 8 rings (SSSR count). The van der Waals surface area contributed by atoms with E-state index in [2.05, 4.69) is 152 Å². The average Bonchev–Trinajstić information content (AvgIpc) is 3.19. The molecule has 1 aromatic heterocycles. The van der Waals surface area contributed by atoms with Crippen molar-refractivity contribution in [1.82, 2.24) is 15.0 Å². The molecule has 0 aliphatic rings. The van der Waals surface area contributed by atoms with E-state index in [1.165, 1.54) is 27.8 Å². The van der Waals surface area contributed by atoms with Crippen molar-refractivity contribution in [2.24, 2.45) is 0 Å². The van der Waals surface area contributed by atoms with Crippen LogP contribution < -0.4 is 0 Å². The van der Waals surface area contributed by atoms with Crippen LogP contribution in [0.3, 0.4) is 0 Å². The van der Waals surface area contributed by atoms with E-state index in [1.54, 1.807) is 0 Å². The van der Waals surface area contributed by atoms with E-state index < -0.39 is 0 Å². The summed E-state index contributed by atoms with van der Waals surface area (Å²) in [6.45, 7) is 0. The molecule has 0 saturated carbocycles. The Labute approximate surface area is 280 Å². The molecule has 226 valence electrons. The molecule has 3 nitrogen and oxygen atoms in total. The van der Waals surface area contributed by atoms with E-state index >= 15 is 0 Å². The van der Waals surface area contributed by atoms with E-state index in [0.29, 0.717) is 17.5 Å². The maximum atomic E-state index is 5.03. The topological polar surface area (TPSA) is 38.7 Å². The molecule has 1 heterocycles. The molecule has 0 amide bonds. The minimum absolute atomic E-state index is 0.636. The zero-order valence-corrected chi connectivity index (χ0v) is 26.2. The van der Waals surface area contributed by atoms with Gasteiger partial charge in [0.1, 0.15) is 0 Å². The fourth-order valence-electron chi connectivity index (χ4n) is 6.08. The third-order valence-corrected chi connectivity index (χ3v) is 8.56. The predicted octanol–water partition coefficient (Wildman–Crippen LogP) is 11.5. The maximum Gasteiger partial charge on any atom is 0.164 e. The number of benzene rings is 7. The average molecular weight is 614 g/mol. The second-order valence-electron chi connectivity index (χ2n) is 11.7. The van der Waals surface area contributed by atoms with Gasteiger partial charge in [0, 0.05) is 16.7 Å². The van der Waals surface area contributed by atoms with Gasteiger partial charge in [-0.2, -0.15) is 0 Å². The Morgan fingerprint density at radius 2 is 0.562 bits per heavy atom. The van der Waals surface area contributed by atoms with Crippen molar-refractivity contribution in [3.05, 3.63) is 188 Å². The molecule has 0 saturated heterocycles.